The molecule has 7 aromatic carbocycles. The van der Waals surface area contributed by atoms with Crippen LogP contribution < -0.4 is 26.2 Å². The molecule has 8 aromatic rings. The topological polar surface area (TPSA) is 6.48 Å². The van der Waals surface area contributed by atoms with Gasteiger partial charge in [0, 0.05) is 59.8 Å². The van der Waals surface area contributed by atoms with Crippen molar-refractivity contribution in [1.82, 2.24) is 0 Å². The maximum absolute atomic E-state index is 5.29. The van der Waals surface area contributed by atoms with Gasteiger partial charge >= 0.3 is 0 Å². The van der Waals surface area contributed by atoms with Crippen LogP contribution in [-0.4, -0.2) is 12.3 Å². The molecule has 13 rings (SSSR count). The summed E-state index contributed by atoms with van der Waals surface area (Å²) in [5.41, 5.74) is 23.6. The lowest BCUT2D eigenvalue weighted by molar-refractivity contribution is 0.195. The summed E-state index contributed by atoms with van der Waals surface area (Å²) in [4.78, 5) is 9.84. The Morgan fingerprint density at radius 2 is 1.11 bits per heavy atom. The molecule has 5 aliphatic rings. The van der Waals surface area contributed by atoms with Gasteiger partial charge in [-0.3, -0.25) is 0 Å². The van der Waals surface area contributed by atoms with Crippen LogP contribution in [0.15, 0.2) is 169 Å². The average molecular weight is 1110 g/mol. The zero-order valence-corrected chi connectivity index (χ0v) is 53.5. The maximum Gasteiger partial charge on any atom is 0.250 e. The minimum absolute atomic E-state index is 0.000629. The van der Waals surface area contributed by atoms with E-state index in [0.717, 1.165) is 6.42 Å². The smallest absolute Gasteiger partial charge is 0.250 e. The number of hydrogen-bond donors (Lipinski definition) is 0. The summed E-state index contributed by atoms with van der Waals surface area (Å²) in [5.74, 6) is -0.0855. The van der Waals surface area contributed by atoms with Gasteiger partial charge in [-0.2, -0.15) is 0 Å². The molecule has 1 aromatic heterocycles. The van der Waals surface area contributed by atoms with E-state index < -0.39 is 0 Å². The number of hydrogen-bond acceptors (Lipinski definition) is 4. The highest BCUT2D eigenvalue weighted by Crippen LogP contribution is 2.66. The number of rotatable bonds is 6. The molecule has 0 radical (unpaired) electrons. The van der Waals surface area contributed by atoms with Crippen LogP contribution in [0.2, 0.25) is 0 Å². The zero-order valence-electron chi connectivity index (χ0n) is 51.9. The molecule has 5 atom stereocenters. The van der Waals surface area contributed by atoms with Crippen molar-refractivity contribution in [3.05, 3.63) is 224 Å². The van der Waals surface area contributed by atoms with Crippen molar-refractivity contribution in [3.63, 3.8) is 0 Å². The lowest BCUT2D eigenvalue weighted by Gasteiger charge is -2.51. The molecular formula is C77H85BN2S2. The van der Waals surface area contributed by atoms with Gasteiger partial charge < -0.3 is 9.80 Å². The lowest BCUT2D eigenvalue weighted by Crippen LogP contribution is -2.62. The molecule has 0 bridgehead atoms. The summed E-state index contributed by atoms with van der Waals surface area (Å²) >= 11 is 4.16. The quantitative estimate of drug-likeness (QED) is 0.153. The summed E-state index contributed by atoms with van der Waals surface area (Å²) in [7, 11) is 0. The summed E-state index contributed by atoms with van der Waals surface area (Å²) in [6.07, 6.45) is 4.76. The second-order valence-corrected chi connectivity index (χ2v) is 32.5. The predicted octanol–water partition coefficient (Wildman–Crippen LogP) is 19.5. The molecule has 2 nitrogen and oxygen atoms in total. The van der Waals surface area contributed by atoms with Crippen molar-refractivity contribution >= 4 is 80.2 Å². The molecule has 5 unspecified atom stereocenters. The van der Waals surface area contributed by atoms with Crippen LogP contribution >= 0.6 is 23.1 Å². The number of nitrogens with zero attached hydrogens (tertiary/aromatic N) is 2. The first-order chi connectivity index (χ1) is 38.6. The molecule has 4 aliphatic heterocycles. The fourth-order valence-electron chi connectivity index (χ4n) is 15.6. The second-order valence-electron chi connectivity index (χ2n) is 30.0. The maximum atomic E-state index is 5.29. The molecule has 82 heavy (non-hydrogen) atoms. The van der Waals surface area contributed by atoms with Gasteiger partial charge in [0.05, 0.1) is 10.3 Å². The fourth-order valence-corrected chi connectivity index (χ4v) is 18.8. The zero-order chi connectivity index (χ0) is 58.1. The molecule has 0 spiro atoms. The first-order valence-electron chi connectivity index (χ1n) is 30.5. The lowest BCUT2D eigenvalue weighted by atomic mass is 9.31. The molecule has 1 fully saturated rings. The third-order valence-electron chi connectivity index (χ3n) is 21.0. The van der Waals surface area contributed by atoms with Crippen LogP contribution in [0.3, 0.4) is 0 Å². The standard InChI is InChI=1S/C77H85BN2S2/c1-48(49-30-32-50(33-31-49)70(2,3)4)65-57-45-56(80-61-40-36-54(72(8,9)10)44-59(61)74(14)42-24-25-43-75(74,80)15)46-63-66(57)78(60-47-64(73(11,12)13)81-69(60)65)67-62(79(63)55-37-34-51(35-38-55)71(5,6)7)41-39-58-68(67)82-77(17,53-28-22-19-23-29-53)76(58,16)52-26-20-18-21-27-52/h18-23,26-41,44-47,65H,1,24-25,42-43H2,2-17H3. The van der Waals surface area contributed by atoms with Crippen molar-refractivity contribution in [2.75, 3.05) is 9.80 Å². The van der Waals surface area contributed by atoms with Gasteiger partial charge in [-0.25, -0.2) is 0 Å². The molecule has 418 valence electrons. The van der Waals surface area contributed by atoms with Crippen LogP contribution in [0.1, 0.15) is 202 Å². The van der Waals surface area contributed by atoms with Gasteiger partial charge in [-0.1, -0.05) is 236 Å². The van der Waals surface area contributed by atoms with Crippen molar-refractivity contribution in [1.29, 1.82) is 0 Å². The number of benzene rings is 7. The Hall–Kier alpha value is -6.01. The molecule has 5 heteroatoms. The largest absolute Gasteiger partial charge is 0.334 e. The predicted molar refractivity (Wildman–Crippen MR) is 358 cm³/mol. The minimum Gasteiger partial charge on any atom is -0.334 e. The summed E-state index contributed by atoms with van der Waals surface area (Å²) < 4.78 is -0.337. The van der Waals surface area contributed by atoms with Gasteiger partial charge in [0.2, 0.25) is 6.71 Å². The van der Waals surface area contributed by atoms with E-state index in [0.29, 0.717) is 0 Å². The first kappa shape index (κ1) is 55.2. The van der Waals surface area contributed by atoms with Gasteiger partial charge in [0.25, 0.3) is 0 Å². The highest BCUT2D eigenvalue weighted by Gasteiger charge is 2.60. The van der Waals surface area contributed by atoms with Gasteiger partial charge in [-0.05, 0) is 158 Å². The Morgan fingerprint density at radius 3 is 1.72 bits per heavy atom. The van der Waals surface area contributed by atoms with Crippen LogP contribution in [0, 0.1) is 0 Å². The number of thiophene rings is 1. The third-order valence-corrected chi connectivity index (χ3v) is 24.3. The van der Waals surface area contributed by atoms with Crippen molar-refractivity contribution in [3.8, 4) is 0 Å². The van der Waals surface area contributed by atoms with Crippen molar-refractivity contribution in [2.24, 2.45) is 0 Å². The van der Waals surface area contributed by atoms with E-state index in [9.17, 15) is 0 Å². The first-order valence-corrected chi connectivity index (χ1v) is 32.2. The van der Waals surface area contributed by atoms with Gasteiger partial charge in [0.1, 0.15) is 0 Å². The van der Waals surface area contributed by atoms with Crippen molar-refractivity contribution in [2.45, 2.75) is 190 Å². The fraction of sp³-hybridized carbons (Fsp3) is 0.377. The van der Waals surface area contributed by atoms with E-state index in [-0.39, 0.29) is 55.4 Å². The van der Waals surface area contributed by atoms with Gasteiger partial charge in [0.15, 0.2) is 0 Å². The molecule has 0 saturated heterocycles. The summed E-state index contributed by atoms with van der Waals surface area (Å²) in [5, 5.41) is 0. The van der Waals surface area contributed by atoms with E-state index in [1.54, 1.807) is 0 Å². The molecule has 5 heterocycles. The molecule has 0 N–H and O–H groups in total. The monoisotopic (exact) mass is 1110 g/mol. The molecule has 1 aliphatic carbocycles. The van der Waals surface area contributed by atoms with E-state index >= 15 is 0 Å². The van der Waals surface area contributed by atoms with E-state index in [4.69, 9.17) is 6.58 Å². The number of thioether (sulfide) groups is 1. The van der Waals surface area contributed by atoms with Gasteiger partial charge in [-0.15, -0.1) is 23.1 Å². The second kappa shape index (κ2) is 18.5. The normalized spacial score (nSPS) is 23.7. The summed E-state index contributed by atoms with van der Waals surface area (Å²) in [6.45, 7) is 43.9. The number of anilines is 5. The van der Waals surface area contributed by atoms with Crippen LogP contribution in [-0.2, 0) is 37.2 Å². The van der Waals surface area contributed by atoms with Crippen LogP contribution in [0.4, 0.5) is 28.4 Å². The Kier molecular flexibility index (Phi) is 12.5. The Labute approximate surface area is 501 Å². The summed E-state index contributed by atoms with van der Waals surface area (Å²) in [6, 6.07) is 62.6. The molecule has 0 amide bonds. The van der Waals surface area contributed by atoms with E-state index in [1.807, 2.05) is 11.3 Å². The molecular weight excluding hydrogens is 1030 g/mol. The highest BCUT2D eigenvalue weighted by molar-refractivity contribution is 8.01. The third kappa shape index (κ3) is 8.00. The van der Waals surface area contributed by atoms with Crippen molar-refractivity contribution < 1.29 is 0 Å². The SMILES string of the molecule is C=C(c1ccc(C(C)(C)C)cc1)C1c2cc(N3c4ccc(C(C)(C)C)cc4C4(C)CCCCC34C)cc3c2B(c2cc(C(C)(C)C)sc21)c1c(ccc2c1SC(C)(c1ccccc1)C2(C)c1ccccc1)N3c1ccc(C(C)(C)C)cc1. The Bertz CT molecular complexity index is 3860. The Morgan fingerprint density at radius 1 is 0.537 bits per heavy atom. The highest BCUT2D eigenvalue weighted by atomic mass is 32.2. The van der Waals surface area contributed by atoms with Crippen LogP contribution in [0.5, 0.6) is 0 Å². The average Bonchev–Trinajstić information content (AvgIpc) is 4.22. The minimum atomic E-state index is -0.367. The number of allylic oxidation sites excluding steroid dienone is 1. The van der Waals surface area contributed by atoms with E-state index in [2.05, 4.69) is 290 Å². The van der Waals surface area contributed by atoms with E-state index in [1.165, 1.54) is 134 Å². The molecule has 1 saturated carbocycles. The van der Waals surface area contributed by atoms with Crippen LogP contribution in [0.25, 0.3) is 5.57 Å². The number of fused-ring (bicyclic) bond motifs is 9. The Balaban J connectivity index is 1.16.